The number of aromatic hydroxyl groups is 5. The van der Waals surface area contributed by atoms with Crippen LogP contribution in [0.3, 0.4) is 0 Å². The number of phenols is 5. The fourth-order valence-electron chi connectivity index (χ4n) is 8.95. The summed E-state index contributed by atoms with van der Waals surface area (Å²) in [5.41, 5.74) is 17.3. The van der Waals surface area contributed by atoms with Gasteiger partial charge >= 0.3 is 0 Å². The van der Waals surface area contributed by atoms with Crippen LogP contribution in [0.2, 0.25) is 0 Å². The van der Waals surface area contributed by atoms with Crippen LogP contribution in [0.4, 0.5) is 0 Å². The Morgan fingerprint density at radius 1 is 0.375 bits per heavy atom. The first-order valence-electron chi connectivity index (χ1n) is 30.6. The maximum atomic E-state index is 11.2. The summed E-state index contributed by atoms with van der Waals surface area (Å²) in [6.45, 7) is 34.1. The van der Waals surface area contributed by atoms with Gasteiger partial charge in [-0.25, -0.2) is 0 Å². The summed E-state index contributed by atoms with van der Waals surface area (Å²) in [5.74, 6) is 1.32. The topological polar surface area (TPSA) is 121 Å². The van der Waals surface area contributed by atoms with E-state index in [-0.39, 0.29) is 29.6 Å². The Labute approximate surface area is 490 Å². The van der Waals surface area contributed by atoms with Crippen molar-refractivity contribution in [3.63, 3.8) is 0 Å². The summed E-state index contributed by atoms with van der Waals surface area (Å²) < 4.78 is 0. The molecule has 0 atom stereocenters. The van der Waals surface area contributed by atoms with Crippen molar-refractivity contribution in [2.24, 2.45) is 0 Å². The smallest absolute Gasteiger partial charge is 0.126 e. The van der Waals surface area contributed by atoms with E-state index in [9.17, 15) is 25.5 Å². The standard InChI is InChI=1S/C31H48O2.C21H32O2.C12H18O.C10H18O/c1-8-9-10-17-27-22-30(32)29(21-19-26(7)16-12-14-24(4)5)31(33)28(27)20-18-25(6)15-11-13-23(2)3;1-5-6-7-11-18-14-20(22)19(21(23)15-18)13-12-17(4)10-8-9-16(2)3;1-3-4-5-6-11-7-10(2)8-12(13)9-11;1-9(2)5-4-6-10(3)7-8-11/h13-14,18-19,22,32-33H,8-12,15-17,20-21H2,1-7H3;9,12,14-15,22-23H,5-8,10-11,13H2,1-4H3;7-9,13H,3-6H2,1-2H3;5,7,11H,4,6,8H2,1-3H3/b25-18+,26-19+;17-12+;;10-7+. The third-order valence-electron chi connectivity index (χ3n) is 13.9. The minimum Gasteiger partial charge on any atom is -0.508 e. The van der Waals surface area contributed by atoms with Crippen molar-refractivity contribution in [3.05, 3.63) is 169 Å². The normalized spacial score (nSPS) is 11.6. The Bertz CT molecular complexity index is 2410. The maximum Gasteiger partial charge on any atom is 0.126 e. The first-order valence-corrected chi connectivity index (χ1v) is 30.6. The molecular formula is C74H116O6. The first-order chi connectivity index (χ1) is 38.0. The second-order valence-electron chi connectivity index (χ2n) is 23.3. The number of aliphatic hydroxyl groups is 1. The van der Waals surface area contributed by atoms with Crippen LogP contribution in [0.5, 0.6) is 28.7 Å². The van der Waals surface area contributed by atoms with Gasteiger partial charge in [0.1, 0.15) is 28.7 Å². The van der Waals surface area contributed by atoms with Crippen molar-refractivity contribution >= 4 is 0 Å². The monoisotopic (exact) mass is 1100 g/mol. The van der Waals surface area contributed by atoms with Gasteiger partial charge in [-0.05, 0) is 252 Å². The third-order valence-corrected chi connectivity index (χ3v) is 13.9. The minimum absolute atomic E-state index is 0.167. The van der Waals surface area contributed by atoms with Gasteiger partial charge < -0.3 is 30.6 Å². The number of aliphatic hydroxyl groups excluding tert-OH is 1. The molecule has 0 saturated heterocycles. The van der Waals surface area contributed by atoms with Crippen LogP contribution < -0.4 is 0 Å². The Kier molecular flexibility index (Phi) is 42.1. The summed E-state index contributed by atoms with van der Waals surface area (Å²) in [7, 11) is 0. The Morgan fingerprint density at radius 2 is 0.725 bits per heavy atom. The highest BCUT2D eigenvalue weighted by molar-refractivity contribution is 5.55. The fraction of sp³-hybridized carbons (Fsp3) is 0.541. The van der Waals surface area contributed by atoms with E-state index in [4.69, 9.17) is 5.11 Å². The first kappa shape index (κ1) is 74.5. The molecule has 0 aliphatic rings. The van der Waals surface area contributed by atoms with Gasteiger partial charge in [0.05, 0.1) is 6.61 Å². The molecule has 0 unspecified atom stereocenters. The van der Waals surface area contributed by atoms with Crippen LogP contribution in [-0.4, -0.2) is 37.2 Å². The Morgan fingerprint density at radius 3 is 1.10 bits per heavy atom. The lowest BCUT2D eigenvalue weighted by atomic mass is 9.92. The lowest BCUT2D eigenvalue weighted by Gasteiger charge is -2.16. The van der Waals surface area contributed by atoms with Gasteiger partial charge in [0.25, 0.3) is 0 Å². The number of benzene rings is 3. The molecule has 80 heavy (non-hydrogen) atoms. The molecule has 6 heteroatoms. The average molecular weight is 1100 g/mol. The van der Waals surface area contributed by atoms with Crippen LogP contribution in [0, 0.1) is 6.92 Å². The van der Waals surface area contributed by atoms with Gasteiger partial charge in [-0.15, -0.1) is 0 Å². The van der Waals surface area contributed by atoms with E-state index in [2.05, 4.69) is 152 Å². The van der Waals surface area contributed by atoms with Gasteiger partial charge in [0.2, 0.25) is 0 Å². The highest BCUT2D eigenvalue weighted by Crippen LogP contribution is 2.37. The second kappa shape index (κ2) is 45.2. The largest absolute Gasteiger partial charge is 0.508 e. The lowest BCUT2D eigenvalue weighted by Crippen LogP contribution is -1.99. The zero-order valence-electron chi connectivity index (χ0n) is 53.7. The molecule has 0 aromatic heterocycles. The predicted octanol–water partition coefficient (Wildman–Crippen LogP) is 21.5. The molecule has 0 heterocycles. The summed E-state index contributed by atoms with van der Waals surface area (Å²) >= 11 is 0. The maximum absolute atomic E-state index is 11.2. The number of aryl methyl sites for hydroxylation is 4. The Balaban J connectivity index is 0.00000114. The van der Waals surface area contributed by atoms with Crippen molar-refractivity contribution < 1.29 is 30.6 Å². The molecule has 0 bridgehead atoms. The molecule has 0 fully saturated rings. The summed E-state index contributed by atoms with van der Waals surface area (Å²) in [6.07, 6.45) is 41.0. The molecule has 0 aliphatic carbocycles. The summed E-state index contributed by atoms with van der Waals surface area (Å²) in [6, 6.07) is 11.3. The van der Waals surface area contributed by atoms with Crippen LogP contribution >= 0.6 is 0 Å². The molecular weight excluding hydrogens is 985 g/mol. The molecule has 448 valence electrons. The fourth-order valence-corrected chi connectivity index (χ4v) is 8.95. The van der Waals surface area contributed by atoms with Crippen LogP contribution in [0.1, 0.15) is 252 Å². The zero-order valence-corrected chi connectivity index (χ0v) is 53.7. The zero-order chi connectivity index (χ0) is 60.4. The van der Waals surface area contributed by atoms with E-state index >= 15 is 0 Å². The Hall–Kier alpha value is -5.46. The lowest BCUT2D eigenvalue weighted by molar-refractivity contribution is 0.341. The van der Waals surface area contributed by atoms with Crippen LogP contribution in [0.25, 0.3) is 0 Å². The van der Waals surface area contributed by atoms with Gasteiger partial charge in [-0.1, -0.05) is 159 Å². The van der Waals surface area contributed by atoms with E-state index in [1.807, 2.05) is 25.1 Å². The SMILES string of the molecule is CC(C)=CCC/C(C)=C/CO.CCCCCc1cc(C)cc(O)c1.CCCCCc1cc(O)c(C/C=C(\C)CCC=C(C)C)c(O)c1.CCCCCc1cc(O)c(C/C=C(\C)CCC=C(C)C)c(O)c1C/C=C(\C)CCC=C(C)C. The number of phenolic OH excluding ortho intramolecular Hbond substituents is 5. The van der Waals surface area contributed by atoms with Crippen LogP contribution in [-0.2, 0) is 38.5 Å². The molecule has 3 aromatic carbocycles. The van der Waals surface area contributed by atoms with Gasteiger partial charge in [0, 0.05) is 16.7 Å². The molecule has 0 radical (unpaired) electrons. The molecule has 3 aromatic rings. The van der Waals surface area contributed by atoms with Gasteiger partial charge in [0.15, 0.2) is 0 Å². The average Bonchev–Trinajstić information content (AvgIpc) is 3.37. The van der Waals surface area contributed by atoms with E-state index in [1.54, 1.807) is 18.2 Å². The number of allylic oxidation sites excluding steroid dienone is 15. The molecule has 0 spiro atoms. The molecule has 0 aliphatic heterocycles. The van der Waals surface area contributed by atoms with E-state index in [0.29, 0.717) is 36.1 Å². The van der Waals surface area contributed by atoms with E-state index in [1.165, 1.54) is 82.3 Å². The second-order valence-corrected chi connectivity index (χ2v) is 23.3. The molecule has 0 saturated carbocycles. The minimum atomic E-state index is 0.167. The van der Waals surface area contributed by atoms with E-state index < -0.39 is 0 Å². The number of rotatable bonds is 31. The summed E-state index contributed by atoms with van der Waals surface area (Å²) in [4.78, 5) is 0. The van der Waals surface area contributed by atoms with Crippen molar-refractivity contribution in [3.8, 4) is 28.7 Å². The number of unbranched alkanes of at least 4 members (excludes halogenated alkanes) is 6. The van der Waals surface area contributed by atoms with Crippen molar-refractivity contribution in [1.29, 1.82) is 0 Å². The predicted molar refractivity (Wildman–Crippen MR) is 350 cm³/mol. The van der Waals surface area contributed by atoms with Crippen molar-refractivity contribution in [1.82, 2.24) is 0 Å². The van der Waals surface area contributed by atoms with Crippen LogP contribution in [0.15, 0.2) is 130 Å². The quantitative estimate of drug-likeness (QED) is 0.0282. The number of hydrogen-bond donors (Lipinski definition) is 6. The molecule has 3 rings (SSSR count). The van der Waals surface area contributed by atoms with Crippen molar-refractivity contribution in [2.45, 2.75) is 258 Å². The highest BCUT2D eigenvalue weighted by atomic mass is 16.3. The highest BCUT2D eigenvalue weighted by Gasteiger charge is 2.17. The van der Waals surface area contributed by atoms with E-state index in [0.717, 1.165) is 119 Å². The van der Waals surface area contributed by atoms with Crippen molar-refractivity contribution in [2.75, 3.05) is 6.61 Å². The third kappa shape index (κ3) is 37.5. The molecule has 6 N–H and O–H groups in total. The van der Waals surface area contributed by atoms with Gasteiger partial charge in [-0.3, -0.25) is 0 Å². The summed E-state index contributed by atoms with van der Waals surface area (Å²) in [5, 5.41) is 60.2. The molecule has 6 nitrogen and oxygen atoms in total. The molecule has 0 amide bonds. The number of hydrogen-bond acceptors (Lipinski definition) is 6. The van der Waals surface area contributed by atoms with Gasteiger partial charge in [-0.2, -0.15) is 0 Å².